The van der Waals surface area contributed by atoms with E-state index in [1.54, 1.807) is 12.1 Å². The van der Waals surface area contributed by atoms with Crippen molar-refractivity contribution >= 4 is 18.1 Å². The van der Waals surface area contributed by atoms with Crippen molar-refractivity contribution in [2.24, 2.45) is 5.92 Å². The van der Waals surface area contributed by atoms with Gasteiger partial charge >= 0.3 is 12.0 Å². The van der Waals surface area contributed by atoms with Gasteiger partial charge < -0.3 is 19.7 Å². The second-order valence-corrected chi connectivity index (χ2v) is 9.54. The summed E-state index contributed by atoms with van der Waals surface area (Å²) < 4.78 is 10.6. The van der Waals surface area contributed by atoms with Gasteiger partial charge in [0.25, 0.3) is 0 Å². The fourth-order valence-corrected chi connectivity index (χ4v) is 4.76. The molecule has 2 heterocycles. The van der Waals surface area contributed by atoms with Crippen molar-refractivity contribution in [1.82, 2.24) is 15.2 Å². The Kier molecular flexibility index (Phi) is 7.49. The largest absolute Gasteiger partial charge is 0.465 e. The summed E-state index contributed by atoms with van der Waals surface area (Å²) in [6.07, 6.45) is 6.46. The summed E-state index contributed by atoms with van der Waals surface area (Å²) in [6.45, 7) is 2.18. The number of pyridine rings is 1. The fraction of sp³-hybridized carbons (Fsp3) is 0.300. The Hall–Kier alpha value is -4.13. The summed E-state index contributed by atoms with van der Waals surface area (Å²) in [5.74, 6) is 1.75. The smallest absolute Gasteiger partial charge is 0.339 e. The molecule has 2 aromatic carbocycles. The summed E-state index contributed by atoms with van der Waals surface area (Å²) in [4.78, 5) is 30.3. The number of nitrogens with zero attached hydrogens (tertiary/aromatic N) is 2. The van der Waals surface area contributed by atoms with Crippen molar-refractivity contribution in [3.63, 3.8) is 0 Å². The first-order chi connectivity index (χ1) is 18.1. The van der Waals surface area contributed by atoms with Crippen LogP contribution in [0.1, 0.15) is 46.7 Å². The maximum atomic E-state index is 12.7. The van der Waals surface area contributed by atoms with E-state index in [-0.39, 0.29) is 6.03 Å². The number of rotatable bonds is 7. The normalized spacial score (nSPS) is 18.6. The number of urea groups is 1. The van der Waals surface area contributed by atoms with E-state index in [2.05, 4.69) is 40.6 Å². The van der Waals surface area contributed by atoms with Crippen LogP contribution in [0.25, 0.3) is 6.08 Å². The van der Waals surface area contributed by atoms with Crippen LogP contribution < -0.4 is 10.1 Å². The van der Waals surface area contributed by atoms with Crippen LogP contribution in [0.2, 0.25) is 0 Å². The molecule has 0 bridgehead atoms. The highest BCUT2D eigenvalue weighted by atomic mass is 16.5. The number of hydrogen-bond donors (Lipinski definition) is 1. The van der Waals surface area contributed by atoms with Crippen LogP contribution in [-0.2, 0) is 4.74 Å². The summed E-state index contributed by atoms with van der Waals surface area (Å²) >= 11 is 0. The second-order valence-electron chi connectivity index (χ2n) is 9.54. The average molecular weight is 498 g/mol. The SMILES string of the molecule is COC(=O)c1ccc(Oc2cccc(C=C3CCN(C(=O)NCC4C[C@H]4c4ccccc4)CC3)c2)nc1. The molecule has 190 valence electrons. The number of methoxy groups -OCH3 is 1. The van der Waals surface area contributed by atoms with E-state index >= 15 is 0 Å². The molecular weight excluding hydrogens is 466 g/mol. The van der Waals surface area contributed by atoms with Gasteiger partial charge in [-0.2, -0.15) is 0 Å². The Morgan fingerprint density at radius 1 is 1.05 bits per heavy atom. The molecule has 1 aliphatic carbocycles. The molecule has 1 N–H and O–H groups in total. The minimum absolute atomic E-state index is 0.0406. The number of piperidine rings is 1. The third kappa shape index (κ3) is 6.36. The van der Waals surface area contributed by atoms with E-state index in [9.17, 15) is 9.59 Å². The van der Waals surface area contributed by atoms with Gasteiger partial charge in [0.05, 0.1) is 12.7 Å². The van der Waals surface area contributed by atoms with Crippen LogP contribution in [0, 0.1) is 5.92 Å². The minimum atomic E-state index is -0.434. The highest BCUT2D eigenvalue weighted by Crippen LogP contribution is 2.46. The maximum Gasteiger partial charge on any atom is 0.339 e. The van der Waals surface area contributed by atoms with Gasteiger partial charge in [-0.1, -0.05) is 54.1 Å². The zero-order valence-corrected chi connectivity index (χ0v) is 20.9. The Labute approximate surface area is 217 Å². The topological polar surface area (TPSA) is 80.8 Å². The number of amides is 2. The summed E-state index contributed by atoms with van der Waals surface area (Å²) in [7, 11) is 1.33. The average Bonchev–Trinajstić information content (AvgIpc) is 3.73. The second kappa shape index (κ2) is 11.3. The Balaban J connectivity index is 1.09. The molecule has 1 saturated carbocycles. The molecule has 7 nitrogen and oxygen atoms in total. The van der Waals surface area contributed by atoms with Crippen LogP contribution in [0.3, 0.4) is 0 Å². The van der Waals surface area contributed by atoms with Crippen molar-refractivity contribution in [2.75, 3.05) is 26.7 Å². The Bertz CT molecular complexity index is 1260. The van der Waals surface area contributed by atoms with Crippen molar-refractivity contribution < 1.29 is 19.1 Å². The first-order valence-electron chi connectivity index (χ1n) is 12.7. The highest BCUT2D eigenvalue weighted by Gasteiger charge is 2.38. The van der Waals surface area contributed by atoms with Crippen molar-refractivity contribution in [3.05, 3.63) is 95.2 Å². The molecule has 0 spiro atoms. The molecule has 2 aliphatic rings. The number of carbonyl (C=O) groups excluding carboxylic acids is 2. The molecule has 1 saturated heterocycles. The van der Waals surface area contributed by atoms with E-state index in [1.807, 2.05) is 35.2 Å². The number of nitrogens with one attached hydrogen (secondary N) is 1. The number of likely N-dealkylation sites (tertiary alicyclic amines) is 1. The molecule has 5 rings (SSSR count). The lowest BCUT2D eigenvalue weighted by molar-refractivity contribution is 0.0600. The first kappa shape index (κ1) is 24.6. The predicted octanol–water partition coefficient (Wildman–Crippen LogP) is 5.65. The molecular formula is C30H31N3O4. The summed E-state index contributed by atoms with van der Waals surface area (Å²) in [5.41, 5.74) is 4.10. The Morgan fingerprint density at radius 2 is 1.86 bits per heavy atom. The van der Waals surface area contributed by atoms with Gasteiger partial charge in [-0.15, -0.1) is 0 Å². The van der Waals surface area contributed by atoms with Gasteiger partial charge in [0, 0.05) is 31.9 Å². The van der Waals surface area contributed by atoms with E-state index in [0.29, 0.717) is 29.0 Å². The maximum absolute atomic E-state index is 12.7. The van der Waals surface area contributed by atoms with Gasteiger partial charge in [-0.05, 0) is 60.4 Å². The van der Waals surface area contributed by atoms with E-state index < -0.39 is 5.97 Å². The molecule has 3 aromatic rings. The predicted molar refractivity (Wildman–Crippen MR) is 142 cm³/mol. The summed E-state index contributed by atoms with van der Waals surface area (Å²) in [5, 5.41) is 3.14. The van der Waals surface area contributed by atoms with Crippen LogP contribution in [0.5, 0.6) is 11.6 Å². The van der Waals surface area contributed by atoms with Crippen LogP contribution >= 0.6 is 0 Å². The number of benzene rings is 2. The lowest BCUT2D eigenvalue weighted by atomic mass is 10.0. The third-order valence-electron chi connectivity index (χ3n) is 6.97. The lowest BCUT2D eigenvalue weighted by Gasteiger charge is -2.28. The summed E-state index contributed by atoms with van der Waals surface area (Å²) in [6, 6.07) is 21.6. The van der Waals surface area contributed by atoms with Gasteiger partial charge in [-0.3, -0.25) is 0 Å². The zero-order valence-electron chi connectivity index (χ0n) is 20.9. The molecule has 1 aliphatic heterocycles. The number of aromatic nitrogens is 1. The first-order valence-corrected chi connectivity index (χ1v) is 12.7. The van der Waals surface area contributed by atoms with E-state index in [4.69, 9.17) is 9.47 Å². The van der Waals surface area contributed by atoms with Gasteiger partial charge in [-0.25, -0.2) is 14.6 Å². The van der Waals surface area contributed by atoms with Crippen LogP contribution in [0.4, 0.5) is 4.79 Å². The lowest BCUT2D eigenvalue weighted by Crippen LogP contribution is -2.43. The van der Waals surface area contributed by atoms with E-state index in [0.717, 1.165) is 44.5 Å². The van der Waals surface area contributed by atoms with Crippen molar-refractivity contribution in [3.8, 4) is 11.6 Å². The highest BCUT2D eigenvalue weighted by molar-refractivity contribution is 5.88. The molecule has 2 fully saturated rings. The molecule has 37 heavy (non-hydrogen) atoms. The fourth-order valence-electron chi connectivity index (χ4n) is 4.76. The van der Waals surface area contributed by atoms with Crippen molar-refractivity contribution in [2.45, 2.75) is 25.2 Å². The molecule has 1 unspecified atom stereocenters. The molecule has 0 radical (unpaired) electrons. The van der Waals surface area contributed by atoms with E-state index in [1.165, 1.54) is 24.4 Å². The molecule has 2 atom stereocenters. The van der Waals surface area contributed by atoms with Crippen LogP contribution in [0.15, 0.2) is 78.5 Å². The zero-order chi connectivity index (χ0) is 25.6. The van der Waals surface area contributed by atoms with Gasteiger partial charge in [0.2, 0.25) is 5.88 Å². The number of ether oxygens (including phenoxy) is 2. The molecule has 1 aromatic heterocycles. The third-order valence-corrected chi connectivity index (χ3v) is 6.97. The standard InChI is InChI=1S/C30H31N3O4/c1-36-29(34)24-10-11-28(31-19-24)37-26-9-5-6-22(17-26)16-21-12-14-33(15-13-21)30(35)32-20-25-18-27(25)23-7-3-2-4-8-23/h2-11,16-17,19,25,27H,12-15,18,20H2,1H3,(H,32,35)/t25?,27-/m0/s1. The number of esters is 1. The Morgan fingerprint density at radius 3 is 2.59 bits per heavy atom. The minimum Gasteiger partial charge on any atom is -0.465 e. The number of hydrogen-bond acceptors (Lipinski definition) is 5. The molecule has 7 heteroatoms. The quantitative estimate of drug-likeness (QED) is 0.427. The van der Waals surface area contributed by atoms with Gasteiger partial charge in [0.15, 0.2) is 0 Å². The van der Waals surface area contributed by atoms with Gasteiger partial charge in [0.1, 0.15) is 5.75 Å². The molecule has 2 amide bonds. The van der Waals surface area contributed by atoms with Crippen LogP contribution in [-0.4, -0.2) is 48.6 Å². The number of carbonyl (C=O) groups is 2. The van der Waals surface area contributed by atoms with Crippen molar-refractivity contribution in [1.29, 1.82) is 0 Å². The monoisotopic (exact) mass is 497 g/mol.